The molecule has 0 aromatic heterocycles. The summed E-state index contributed by atoms with van der Waals surface area (Å²) in [4.78, 5) is -0.664. The van der Waals surface area contributed by atoms with Gasteiger partial charge in [-0.1, -0.05) is 13.8 Å². The summed E-state index contributed by atoms with van der Waals surface area (Å²) in [6.07, 6.45) is 1.22. The Bertz CT molecular complexity index is 662. The largest absolute Gasteiger partial charge is 0.332 e. The molecule has 0 fully saturated rings. The van der Waals surface area contributed by atoms with E-state index in [-0.39, 0.29) is 4.90 Å². The molecule has 0 aliphatic carbocycles. The molecule has 20 heavy (non-hydrogen) atoms. The van der Waals surface area contributed by atoms with E-state index in [2.05, 4.69) is 4.72 Å². The minimum Gasteiger partial charge on any atom is -0.207 e. The summed E-state index contributed by atoms with van der Waals surface area (Å²) in [6, 6.07) is 4.00. The summed E-state index contributed by atoms with van der Waals surface area (Å²) in [5.74, 6) is 0. The molecular weight excluding hydrogens is 305 g/mol. The molecule has 0 saturated carbocycles. The van der Waals surface area contributed by atoms with Crippen LogP contribution >= 0.6 is 0 Å². The molecule has 0 aliphatic heterocycles. The maximum absolute atomic E-state index is 12.7. The van der Waals surface area contributed by atoms with E-state index in [1.165, 1.54) is 0 Å². The molecule has 0 aliphatic rings. The van der Waals surface area contributed by atoms with E-state index < -0.39 is 30.7 Å². The Kier molecular flexibility index (Phi) is 4.94. The van der Waals surface area contributed by atoms with E-state index in [0.717, 1.165) is 24.3 Å². The van der Waals surface area contributed by atoms with Gasteiger partial charge in [0.1, 0.15) is 0 Å². The summed E-state index contributed by atoms with van der Waals surface area (Å²) in [7, 11) is -8.60. The fourth-order valence-corrected chi connectivity index (χ4v) is 3.57. The average molecular weight is 323 g/mol. The molecule has 0 amide bonds. The molecule has 1 aromatic rings. The van der Waals surface area contributed by atoms with Gasteiger partial charge in [0.15, 0.2) is 0 Å². The summed E-state index contributed by atoms with van der Waals surface area (Å²) in [5.41, 5.74) is -0.580. The number of benzene rings is 1. The van der Waals surface area contributed by atoms with E-state index in [9.17, 15) is 20.7 Å². The Morgan fingerprint density at radius 2 is 1.40 bits per heavy atom. The van der Waals surface area contributed by atoms with Crippen molar-refractivity contribution in [3.05, 3.63) is 24.3 Å². The van der Waals surface area contributed by atoms with Gasteiger partial charge in [-0.25, -0.2) is 13.1 Å². The molecule has 0 radical (unpaired) electrons. The Balaban J connectivity index is 3.12. The third-order valence-electron chi connectivity index (χ3n) is 3.36. The van der Waals surface area contributed by atoms with E-state index in [4.69, 9.17) is 0 Å². The van der Waals surface area contributed by atoms with Gasteiger partial charge in [0.2, 0.25) is 10.0 Å². The van der Waals surface area contributed by atoms with Crippen LogP contribution in [0.3, 0.4) is 0 Å². The van der Waals surface area contributed by atoms with Crippen LogP contribution in [0.15, 0.2) is 34.1 Å². The SMILES string of the molecule is CCC(C)(CC)NS(=O)(=O)c1ccc(S(=O)(=O)F)cc1. The quantitative estimate of drug-likeness (QED) is 0.814. The molecular formula is C12H18FNO4S2. The number of hydrogen-bond acceptors (Lipinski definition) is 4. The first-order valence-corrected chi connectivity index (χ1v) is 8.99. The number of nitrogens with one attached hydrogen (secondary N) is 1. The summed E-state index contributed by atoms with van der Waals surface area (Å²) >= 11 is 0. The van der Waals surface area contributed by atoms with Gasteiger partial charge < -0.3 is 0 Å². The van der Waals surface area contributed by atoms with E-state index in [1.807, 2.05) is 13.8 Å². The number of hydrogen-bond donors (Lipinski definition) is 1. The van der Waals surface area contributed by atoms with E-state index in [0.29, 0.717) is 12.8 Å². The Labute approximate surface area is 119 Å². The van der Waals surface area contributed by atoms with Crippen LogP contribution in [0.25, 0.3) is 0 Å². The summed E-state index contributed by atoms with van der Waals surface area (Å²) in [6.45, 7) is 5.51. The lowest BCUT2D eigenvalue weighted by Gasteiger charge is -2.27. The minimum absolute atomic E-state index is 0.0991. The molecule has 1 rings (SSSR count). The summed E-state index contributed by atoms with van der Waals surface area (Å²) in [5, 5.41) is 0. The zero-order chi connectivity index (χ0) is 15.6. The van der Waals surface area contributed by atoms with Gasteiger partial charge in [0, 0.05) is 5.54 Å². The number of rotatable bonds is 6. The lowest BCUT2D eigenvalue weighted by atomic mass is 9.98. The fourth-order valence-electron chi connectivity index (χ4n) is 1.56. The van der Waals surface area contributed by atoms with Crippen molar-refractivity contribution in [3.8, 4) is 0 Å². The van der Waals surface area contributed by atoms with Crippen molar-refractivity contribution >= 4 is 20.2 Å². The number of halogens is 1. The minimum atomic E-state index is -4.82. The monoisotopic (exact) mass is 323 g/mol. The van der Waals surface area contributed by atoms with Crippen molar-refractivity contribution in [2.24, 2.45) is 0 Å². The Hall–Kier alpha value is -0.990. The first kappa shape index (κ1) is 17.1. The van der Waals surface area contributed by atoms with Crippen molar-refractivity contribution in [3.63, 3.8) is 0 Å². The van der Waals surface area contributed by atoms with Crippen LogP contribution in [0.4, 0.5) is 3.89 Å². The van der Waals surface area contributed by atoms with Crippen molar-refractivity contribution < 1.29 is 20.7 Å². The lowest BCUT2D eigenvalue weighted by Crippen LogP contribution is -2.44. The maximum atomic E-state index is 12.7. The van der Waals surface area contributed by atoms with Gasteiger partial charge >= 0.3 is 10.2 Å². The van der Waals surface area contributed by atoms with E-state index >= 15 is 0 Å². The van der Waals surface area contributed by atoms with Crippen LogP contribution in [0.5, 0.6) is 0 Å². The Morgan fingerprint density at radius 1 is 1.00 bits per heavy atom. The van der Waals surface area contributed by atoms with Crippen LogP contribution in [0.1, 0.15) is 33.6 Å². The van der Waals surface area contributed by atoms with Gasteiger partial charge in [0.25, 0.3) is 0 Å². The smallest absolute Gasteiger partial charge is 0.207 e. The third-order valence-corrected chi connectivity index (χ3v) is 5.85. The normalized spacial score (nSPS) is 13.4. The van der Waals surface area contributed by atoms with Crippen LogP contribution in [-0.4, -0.2) is 22.4 Å². The van der Waals surface area contributed by atoms with Crippen molar-refractivity contribution in [2.75, 3.05) is 0 Å². The average Bonchev–Trinajstić information content (AvgIpc) is 2.37. The second-order valence-electron chi connectivity index (χ2n) is 4.78. The first-order chi connectivity index (χ1) is 9.04. The molecule has 114 valence electrons. The highest BCUT2D eigenvalue weighted by Crippen LogP contribution is 2.20. The second-order valence-corrected chi connectivity index (χ2v) is 7.81. The van der Waals surface area contributed by atoms with Gasteiger partial charge in [0.05, 0.1) is 9.79 Å². The molecule has 5 nitrogen and oxygen atoms in total. The van der Waals surface area contributed by atoms with Crippen molar-refractivity contribution in [1.29, 1.82) is 0 Å². The molecule has 0 spiro atoms. The molecule has 1 aromatic carbocycles. The lowest BCUT2D eigenvalue weighted by molar-refractivity contribution is 0.388. The van der Waals surface area contributed by atoms with Gasteiger partial charge in [-0.15, -0.1) is 3.89 Å². The molecule has 1 N–H and O–H groups in total. The second kappa shape index (κ2) is 5.79. The topological polar surface area (TPSA) is 80.3 Å². The molecule has 0 atom stereocenters. The maximum Gasteiger partial charge on any atom is 0.332 e. The molecule has 8 heteroatoms. The zero-order valence-electron chi connectivity index (χ0n) is 11.6. The van der Waals surface area contributed by atoms with Crippen LogP contribution in [0.2, 0.25) is 0 Å². The van der Waals surface area contributed by atoms with E-state index in [1.54, 1.807) is 6.92 Å². The van der Waals surface area contributed by atoms with Crippen LogP contribution in [0, 0.1) is 0 Å². The molecule has 0 saturated heterocycles. The van der Waals surface area contributed by atoms with Crippen LogP contribution in [-0.2, 0) is 20.2 Å². The number of sulfonamides is 1. The molecule has 0 heterocycles. The summed E-state index contributed by atoms with van der Waals surface area (Å²) < 4.78 is 61.0. The van der Waals surface area contributed by atoms with Gasteiger partial charge in [-0.3, -0.25) is 0 Å². The third kappa shape index (κ3) is 4.00. The predicted octanol–water partition coefficient (Wildman–Crippen LogP) is 2.20. The molecule has 0 unspecified atom stereocenters. The molecule has 0 bridgehead atoms. The van der Waals surface area contributed by atoms with Crippen molar-refractivity contribution in [2.45, 2.75) is 48.9 Å². The first-order valence-electron chi connectivity index (χ1n) is 6.13. The van der Waals surface area contributed by atoms with Gasteiger partial charge in [-0.2, -0.15) is 8.42 Å². The highest BCUT2D eigenvalue weighted by molar-refractivity contribution is 7.89. The zero-order valence-corrected chi connectivity index (χ0v) is 13.2. The fraction of sp³-hybridized carbons (Fsp3) is 0.500. The standard InChI is InChI=1S/C12H18FNO4S2/c1-4-12(3,5-2)14-20(17,18)11-8-6-10(7-9-11)19(13,15)16/h6-9,14H,4-5H2,1-3H3. The predicted molar refractivity (Wildman–Crippen MR) is 74.0 cm³/mol. The van der Waals surface area contributed by atoms with Crippen molar-refractivity contribution in [1.82, 2.24) is 4.72 Å². The highest BCUT2D eigenvalue weighted by atomic mass is 32.3. The Morgan fingerprint density at radius 3 is 1.75 bits per heavy atom. The van der Waals surface area contributed by atoms with Crippen LogP contribution < -0.4 is 4.72 Å². The highest BCUT2D eigenvalue weighted by Gasteiger charge is 2.27. The van der Waals surface area contributed by atoms with Gasteiger partial charge in [-0.05, 0) is 44.0 Å².